The molecule has 4 aromatic carbocycles. The molecule has 0 amide bonds. The number of aromatic hydroxyl groups is 1. The molecule has 0 spiro atoms. The van der Waals surface area contributed by atoms with E-state index < -0.39 is 20.8 Å². The van der Waals surface area contributed by atoms with Gasteiger partial charge in [-0.3, -0.25) is 4.55 Å². The fourth-order valence-corrected chi connectivity index (χ4v) is 3.81. The molecule has 0 heterocycles. The van der Waals surface area contributed by atoms with Crippen molar-refractivity contribution in [3.63, 3.8) is 0 Å². The second kappa shape index (κ2) is 3.84. The van der Waals surface area contributed by atoms with Gasteiger partial charge in [0.15, 0.2) is 0 Å². The van der Waals surface area contributed by atoms with Crippen LogP contribution >= 0.6 is 0 Å². The highest BCUT2D eigenvalue weighted by molar-refractivity contribution is 7.86. The predicted octanol–water partition coefficient (Wildman–Crippen LogP) is 3.54. The van der Waals surface area contributed by atoms with Crippen molar-refractivity contribution in [2.75, 3.05) is 0 Å². The van der Waals surface area contributed by atoms with Gasteiger partial charge in [-0.2, -0.15) is 8.42 Å². The van der Waals surface area contributed by atoms with Crippen LogP contribution in [0.2, 0.25) is 0 Å². The first-order valence-corrected chi connectivity index (χ1v) is 7.78. The van der Waals surface area contributed by atoms with Gasteiger partial charge in [-0.05, 0) is 33.0 Å². The normalized spacial score (nSPS) is 12.6. The fraction of sp³-hybridized carbons (Fsp3) is 0. The monoisotopic (exact) mass is 298 g/mol. The topological polar surface area (TPSA) is 74.6 Å². The first-order chi connectivity index (χ1) is 9.97. The lowest BCUT2D eigenvalue weighted by Crippen LogP contribution is -2.00. The number of phenols is 1. The summed E-state index contributed by atoms with van der Waals surface area (Å²) in [5, 5.41) is 14.7. The molecular weight excluding hydrogens is 288 g/mol. The van der Waals surface area contributed by atoms with Crippen molar-refractivity contribution in [3.8, 4) is 5.75 Å². The molecule has 0 aliphatic carbocycles. The van der Waals surface area contributed by atoms with Crippen LogP contribution in [0.1, 0.15) is 0 Å². The Labute approximate surface area is 120 Å². The summed E-state index contributed by atoms with van der Waals surface area (Å²) in [4.78, 5) is -0.437. The van der Waals surface area contributed by atoms with E-state index in [2.05, 4.69) is 0 Å². The summed E-state index contributed by atoms with van der Waals surface area (Å²) in [5.41, 5.74) is 0. The van der Waals surface area contributed by atoms with Crippen molar-refractivity contribution in [1.82, 2.24) is 0 Å². The Hall–Kier alpha value is -2.37. The summed E-state index contributed by atoms with van der Waals surface area (Å²) in [6, 6.07) is 14.4. The van der Waals surface area contributed by atoms with Crippen molar-refractivity contribution in [1.29, 1.82) is 0 Å². The van der Waals surface area contributed by atoms with E-state index in [0.717, 1.165) is 26.9 Å². The van der Waals surface area contributed by atoms with E-state index in [1.165, 1.54) is 6.07 Å². The van der Waals surface area contributed by atoms with E-state index in [0.29, 0.717) is 5.39 Å². The van der Waals surface area contributed by atoms with Crippen LogP contribution in [0, 0.1) is 0 Å². The smallest absolute Gasteiger partial charge is 0.298 e. The maximum Gasteiger partial charge on any atom is 0.298 e. The van der Waals surface area contributed by atoms with Gasteiger partial charge < -0.3 is 5.11 Å². The number of phenolic OH excluding ortho intramolecular Hbond substituents is 1. The van der Waals surface area contributed by atoms with Gasteiger partial charge in [0, 0.05) is 5.39 Å². The van der Waals surface area contributed by atoms with Gasteiger partial charge in [0.05, 0.1) is 0 Å². The van der Waals surface area contributed by atoms with Crippen molar-refractivity contribution >= 4 is 42.4 Å². The maximum atomic E-state index is 11.6. The highest BCUT2D eigenvalue weighted by atomic mass is 32.2. The molecule has 5 heteroatoms. The molecular formula is C16H10O4S. The molecule has 21 heavy (non-hydrogen) atoms. The van der Waals surface area contributed by atoms with Crippen LogP contribution in [0.5, 0.6) is 5.75 Å². The second-order valence-electron chi connectivity index (χ2n) is 5.06. The minimum atomic E-state index is -4.51. The average molecular weight is 298 g/mol. The van der Waals surface area contributed by atoms with Gasteiger partial charge >= 0.3 is 0 Å². The quantitative estimate of drug-likeness (QED) is 0.416. The van der Waals surface area contributed by atoms with Gasteiger partial charge in [-0.15, -0.1) is 0 Å². The van der Waals surface area contributed by atoms with E-state index in [1.54, 1.807) is 12.1 Å². The zero-order chi connectivity index (χ0) is 14.8. The molecule has 0 radical (unpaired) electrons. The Bertz CT molecular complexity index is 1100. The largest absolute Gasteiger partial charge is 0.506 e. The van der Waals surface area contributed by atoms with Crippen LogP contribution in [0.25, 0.3) is 32.3 Å². The van der Waals surface area contributed by atoms with Crippen LogP contribution in [0.4, 0.5) is 0 Å². The molecule has 0 bridgehead atoms. The number of benzene rings is 4. The molecule has 104 valence electrons. The van der Waals surface area contributed by atoms with E-state index >= 15 is 0 Å². The van der Waals surface area contributed by atoms with Crippen LogP contribution in [-0.2, 0) is 10.1 Å². The SMILES string of the molecule is O=S(=O)(O)c1c(O)cc2ccc3cccc4ccc1c2c34. The van der Waals surface area contributed by atoms with Crippen molar-refractivity contribution in [2.45, 2.75) is 4.90 Å². The molecule has 0 aromatic heterocycles. The van der Waals surface area contributed by atoms with Crippen LogP contribution in [0.15, 0.2) is 53.4 Å². The third-order valence-electron chi connectivity index (χ3n) is 3.84. The molecule has 0 aliphatic rings. The number of hydrogen-bond acceptors (Lipinski definition) is 3. The molecule has 0 atom stereocenters. The van der Waals surface area contributed by atoms with Gasteiger partial charge in [-0.1, -0.05) is 42.5 Å². The summed E-state index contributed by atoms with van der Waals surface area (Å²) in [6.45, 7) is 0. The highest BCUT2D eigenvalue weighted by Gasteiger charge is 2.22. The summed E-state index contributed by atoms with van der Waals surface area (Å²) >= 11 is 0. The first kappa shape index (κ1) is 12.4. The highest BCUT2D eigenvalue weighted by Crippen LogP contribution is 2.40. The minimum absolute atomic E-state index is 0.330. The maximum absolute atomic E-state index is 11.6. The zero-order valence-electron chi connectivity index (χ0n) is 10.7. The Kier molecular flexibility index (Phi) is 2.26. The number of rotatable bonds is 1. The lowest BCUT2D eigenvalue weighted by Gasteiger charge is -2.13. The van der Waals surface area contributed by atoms with Crippen molar-refractivity contribution in [3.05, 3.63) is 48.5 Å². The van der Waals surface area contributed by atoms with Crippen molar-refractivity contribution < 1.29 is 18.1 Å². The van der Waals surface area contributed by atoms with E-state index in [9.17, 15) is 18.1 Å². The predicted molar refractivity (Wildman–Crippen MR) is 81.6 cm³/mol. The standard InChI is InChI=1S/C16H10O4S/c17-13-8-11-5-4-9-2-1-3-10-6-7-12(15(11)14(9)10)16(13)21(18,19)20/h1-8,17H,(H,18,19,20). The molecule has 0 saturated carbocycles. The lowest BCUT2D eigenvalue weighted by molar-refractivity contribution is 0.446. The Morgan fingerprint density at radius 2 is 1.43 bits per heavy atom. The Morgan fingerprint density at radius 1 is 0.810 bits per heavy atom. The molecule has 0 fully saturated rings. The molecule has 4 rings (SSSR count). The van der Waals surface area contributed by atoms with E-state index in [4.69, 9.17) is 0 Å². The zero-order valence-corrected chi connectivity index (χ0v) is 11.6. The fourth-order valence-electron chi connectivity index (χ4n) is 3.04. The van der Waals surface area contributed by atoms with Gasteiger partial charge in [-0.25, -0.2) is 0 Å². The molecule has 0 unspecified atom stereocenters. The second-order valence-corrected chi connectivity index (χ2v) is 6.41. The van der Waals surface area contributed by atoms with Gasteiger partial charge in [0.25, 0.3) is 10.1 Å². The van der Waals surface area contributed by atoms with Gasteiger partial charge in [0.2, 0.25) is 0 Å². The van der Waals surface area contributed by atoms with Crippen molar-refractivity contribution in [2.24, 2.45) is 0 Å². The summed E-state index contributed by atoms with van der Waals surface area (Å²) in [5.74, 6) is -0.441. The summed E-state index contributed by atoms with van der Waals surface area (Å²) < 4.78 is 32.6. The number of hydrogen-bond donors (Lipinski definition) is 2. The average Bonchev–Trinajstić information content (AvgIpc) is 2.42. The van der Waals surface area contributed by atoms with Crippen LogP contribution in [-0.4, -0.2) is 18.1 Å². The molecule has 4 aromatic rings. The van der Waals surface area contributed by atoms with E-state index in [-0.39, 0.29) is 0 Å². The molecule has 4 nitrogen and oxygen atoms in total. The third-order valence-corrected chi connectivity index (χ3v) is 4.78. The minimum Gasteiger partial charge on any atom is -0.506 e. The summed E-state index contributed by atoms with van der Waals surface area (Å²) in [6.07, 6.45) is 0. The molecule has 2 N–H and O–H groups in total. The lowest BCUT2D eigenvalue weighted by atomic mass is 9.94. The van der Waals surface area contributed by atoms with E-state index in [1.807, 2.05) is 30.3 Å². The van der Waals surface area contributed by atoms with Crippen LogP contribution < -0.4 is 0 Å². The molecule has 0 aliphatic heterocycles. The Balaban J connectivity index is 2.41. The third kappa shape index (κ3) is 1.62. The Morgan fingerprint density at radius 3 is 2.10 bits per heavy atom. The van der Waals surface area contributed by atoms with Gasteiger partial charge in [0.1, 0.15) is 10.6 Å². The molecule has 0 saturated heterocycles. The first-order valence-electron chi connectivity index (χ1n) is 6.34. The summed E-state index contributed by atoms with van der Waals surface area (Å²) in [7, 11) is -4.51. The van der Waals surface area contributed by atoms with Crippen LogP contribution in [0.3, 0.4) is 0 Å².